The van der Waals surface area contributed by atoms with Crippen molar-refractivity contribution in [2.24, 2.45) is 5.73 Å². The van der Waals surface area contributed by atoms with Gasteiger partial charge in [0.1, 0.15) is 0 Å². The Morgan fingerprint density at radius 2 is 1.76 bits per heavy atom. The zero-order valence-electron chi connectivity index (χ0n) is 16.3. The van der Waals surface area contributed by atoms with E-state index in [0.717, 1.165) is 12.0 Å². The number of carbonyl (C=O) groups excluding carboxylic acids is 1. The normalized spacial score (nSPS) is 11.9. The van der Waals surface area contributed by atoms with E-state index >= 15 is 0 Å². The first-order valence-corrected chi connectivity index (χ1v) is 9.66. The second kappa shape index (κ2) is 11.0. The van der Waals surface area contributed by atoms with Gasteiger partial charge in [-0.3, -0.25) is 4.79 Å². The summed E-state index contributed by atoms with van der Waals surface area (Å²) in [6.07, 6.45) is 1.08. The number of tetrazole rings is 1. The summed E-state index contributed by atoms with van der Waals surface area (Å²) in [4.78, 5) is 12.1. The van der Waals surface area contributed by atoms with Crippen LogP contribution in [0, 0.1) is 0 Å². The number of rotatable bonds is 11. The maximum Gasteiger partial charge on any atom is 0.221 e. The molecular weight excluding hydrogens is 368 g/mol. The van der Waals surface area contributed by atoms with E-state index in [0.29, 0.717) is 32.1 Å². The predicted octanol–water partition coefficient (Wildman–Crippen LogP) is 1.64. The molecular formula is C21H26N6O2. The van der Waals surface area contributed by atoms with Gasteiger partial charge in [0.25, 0.3) is 0 Å². The summed E-state index contributed by atoms with van der Waals surface area (Å²) < 4.78 is 7.23. The lowest BCUT2D eigenvalue weighted by Crippen LogP contribution is -2.28. The molecule has 0 bridgehead atoms. The van der Waals surface area contributed by atoms with Crippen molar-refractivity contribution in [1.82, 2.24) is 25.5 Å². The van der Waals surface area contributed by atoms with Gasteiger partial charge in [0.2, 0.25) is 5.91 Å². The van der Waals surface area contributed by atoms with E-state index in [1.807, 2.05) is 60.7 Å². The number of amides is 1. The number of hydrogen-bond acceptors (Lipinski definition) is 6. The Hall–Kier alpha value is -3.10. The summed E-state index contributed by atoms with van der Waals surface area (Å²) in [5.74, 6) is 0.464. The van der Waals surface area contributed by atoms with Crippen molar-refractivity contribution in [3.8, 4) is 0 Å². The molecule has 1 atom stereocenters. The van der Waals surface area contributed by atoms with Crippen LogP contribution in [0.3, 0.4) is 0 Å². The van der Waals surface area contributed by atoms with E-state index < -0.39 is 6.04 Å². The van der Waals surface area contributed by atoms with E-state index in [2.05, 4.69) is 20.8 Å². The quantitative estimate of drug-likeness (QED) is 0.512. The first-order valence-electron chi connectivity index (χ1n) is 9.66. The Balaban J connectivity index is 1.39. The molecule has 1 aromatic heterocycles. The highest BCUT2D eigenvalue weighted by Crippen LogP contribution is 2.09. The monoisotopic (exact) mass is 394 g/mol. The number of aromatic nitrogens is 4. The van der Waals surface area contributed by atoms with E-state index in [9.17, 15) is 4.79 Å². The lowest BCUT2D eigenvalue weighted by Gasteiger charge is -2.12. The molecule has 1 amide bonds. The van der Waals surface area contributed by atoms with Crippen LogP contribution in [-0.4, -0.2) is 39.3 Å². The molecule has 2 aromatic carbocycles. The van der Waals surface area contributed by atoms with Gasteiger partial charge in [0.15, 0.2) is 5.82 Å². The van der Waals surface area contributed by atoms with Crippen LogP contribution in [0.4, 0.5) is 0 Å². The molecule has 29 heavy (non-hydrogen) atoms. The zero-order chi connectivity index (χ0) is 20.3. The van der Waals surface area contributed by atoms with Gasteiger partial charge < -0.3 is 15.8 Å². The third kappa shape index (κ3) is 6.78. The van der Waals surface area contributed by atoms with Crippen LogP contribution in [0.5, 0.6) is 0 Å². The predicted molar refractivity (Wildman–Crippen MR) is 109 cm³/mol. The van der Waals surface area contributed by atoms with Crippen LogP contribution in [0.15, 0.2) is 60.7 Å². The molecule has 1 heterocycles. The van der Waals surface area contributed by atoms with Gasteiger partial charge in [-0.1, -0.05) is 60.7 Å². The van der Waals surface area contributed by atoms with Gasteiger partial charge in [-0.25, -0.2) is 4.68 Å². The first kappa shape index (κ1) is 20.6. The summed E-state index contributed by atoms with van der Waals surface area (Å²) in [7, 11) is 0. The first-order chi connectivity index (χ1) is 14.2. The number of nitrogens with one attached hydrogen (secondary N) is 1. The van der Waals surface area contributed by atoms with Gasteiger partial charge in [-0.2, -0.15) is 0 Å². The maximum atomic E-state index is 12.1. The van der Waals surface area contributed by atoms with Gasteiger partial charge in [-0.05, 0) is 28.0 Å². The topological polar surface area (TPSA) is 108 Å². The molecule has 3 rings (SSSR count). The molecule has 0 saturated carbocycles. The third-order valence-corrected chi connectivity index (χ3v) is 4.43. The van der Waals surface area contributed by atoms with E-state index in [1.165, 1.54) is 5.56 Å². The Morgan fingerprint density at radius 3 is 2.48 bits per heavy atom. The molecule has 0 spiro atoms. The van der Waals surface area contributed by atoms with Gasteiger partial charge >= 0.3 is 0 Å². The number of ether oxygens (including phenoxy) is 1. The number of nitrogens with zero attached hydrogens (tertiary/aromatic N) is 4. The van der Waals surface area contributed by atoms with Crippen LogP contribution < -0.4 is 11.1 Å². The minimum atomic E-state index is -0.463. The Labute approximate surface area is 170 Å². The minimum Gasteiger partial charge on any atom is -0.375 e. The average Bonchev–Trinajstić information content (AvgIpc) is 3.22. The van der Waals surface area contributed by atoms with Crippen molar-refractivity contribution in [1.29, 1.82) is 0 Å². The molecule has 3 N–H and O–H groups in total. The van der Waals surface area contributed by atoms with Crippen molar-refractivity contribution >= 4 is 5.91 Å². The molecule has 0 aliphatic heterocycles. The third-order valence-electron chi connectivity index (χ3n) is 4.43. The fourth-order valence-corrected chi connectivity index (χ4v) is 2.88. The molecule has 3 aromatic rings. The summed E-state index contributed by atoms with van der Waals surface area (Å²) in [5, 5.41) is 14.5. The largest absolute Gasteiger partial charge is 0.375 e. The zero-order valence-corrected chi connectivity index (χ0v) is 16.3. The van der Waals surface area contributed by atoms with E-state index in [4.69, 9.17) is 10.5 Å². The van der Waals surface area contributed by atoms with Crippen LogP contribution in [0.25, 0.3) is 0 Å². The molecule has 0 radical (unpaired) electrons. The Morgan fingerprint density at radius 1 is 1.07 bits per heavy atom. The minimum absolute atomic E-state index is 0.0451. The molecule has 0 saturated heterocycles. The fraction of sp³-hybridized carbons (Fsp3) is 0.333. The van der Waals surface area contributed by atoms with Crippen molar-refractivity contribution in [2.75, 3.05) is 13.2 Å². The van der Waals surface area contributed by atoms with Crippen molar-refractivity contribution in [2.45, 2.75) is 32.0 Å². The fourth-order valence-electron chi connectivity index (χ4n) is 2.88. The number of aryl methyl sites for hydroxylation is 1. The van der Waals surface area contributed by atoms with Crippen LogP contribution >= 0.6 is 0 Å². The summed E-state index contributed by atoms with van der Waals surface area (Å²) in [6.45, 7) is 1.72. The van der Waals surface area contributed by atoms with E-state index in [1.54, 1.807) is 4.68 Å². The second-order valence-corrected chi connectivity index (χ2v) is 6.70. The van der Waals surface area contributed by atoms with Gasteiger partial charge in [0, 0.05) is 13.0 Å². The van der Waals surface area contributed by atoms with Crippen LogP contribution in [0.1, 0.15) is 29.4 Å². The SMILES string of the molecule is N[C@H](COCc1ccccc1)c1nnnn1CCC(=O)NCCc1ccccc1. The van der Waals surface area contributed by atoms with Crippen LogP contribution in [-0.2, 0) is 29.1 Å². The molecule has 8 nitrogen and oxygen atoms in total. The number of carbonyl (C=O) groups is 1. The van der Waals surface area contributed by atoms with Crippen molar-refractivity contribution in [3.05, 3.63) is 77.6 Å². The lowest BCUT2D eigenvalue weighted by atomic mass is 10.1. The molecule has 0 aliphatic rings. The number of benzene rings is 2. The average molecular weight is 394 g/mol. The maximum absolute atomic E-state index is 12.1. The summed E-state index contributed by atoms with van der Waals surface area (Å²) in [5.41, 5.74) is 8.43. The van der Waals surface area contributed by atoms with Gasteiger partial charge in [0.05, 0.1) is 25.8 Å². The van der Waals surface area contributed by atoms with Crippen LogP contribution in [0.2, 0.25) is 0 Å². The van der Waals surface area contributed by atoms with E-state index in [-0.39, 0.29) is 12.3 Å². The highest BCUT2D eigenvalue weighted by molar-refractivity contribution is 5.75. The van der Waals surface area contributed by atoms with Crippen molar-refractivity contribution < 1.29 is 9.53 Å². The van der Waals surface area contributed by atoms with Gasteiger partial charge in [-0.15, -0.1) is 5.10 Å². The number of hydrogen-bond donors (Lipinski definition) is 2. The molecule has 152 valence electrons. The molecule has 0 aliphatic carbocycles. The Bertz CT molecular complexity index is 869. The Kier molecular flexibility index (Phi) is 7.85. The molecule has 0 unspecified atom stereocenters. The highest BCUT2D eigenvalue weighted by atomic mass is 16.5. The summed E-state index contributed by atoms with van der Waals surface area (Å²) >= 11 is 0. The summed E-state index contributed by atoms with van der Waals surface area (Å²) in [6, 6.07) is 19.4. The standard InChI is InChI=1S/C21H26N6O2/c22-19(16-29-15-18-9-5-2-6-10-18)21-24-25-26-27(21)14-12-20(28)23-13-11-17-7-3-1-4-8-17/h1-10,19H,11-16,22H2,(H,23,28)/t19-/m1/s1. The molecule has 0 fully saturated rings. The smallest absolute Gasteiger partial charge is 0.221 e. The number of nitrogens with two attached hydrogens (primary N) is 1. The van der Waals surface area contributed by atoms with Crippen molar-refractivity contribution in [3.63, 3.8) is 0 Å². The molecule has 8 heteroatoms. The second-order valence-electron chi connectivity index (χ2n) is 6.70. The highest BCUT2D eigenvalue weighted by Gasteiger charge is 2.16. The lowest BCUT2D eigenvalue weighted by molar-refractivity contribution is -0.121.